The quantitative estimate of drug-likeness (QED) is 0.123. The van der Waals surface area contributed by atoms with Crippen molar-refractivity contribution in [1.82, 2.24) is 0 Å². The predicted molar refractivity (Wildman–Crippen MR) is 151 cm³/mol. The average Bonchev–Trinajstić information content (AvgIpc) is 2.34. The van der Waals surface area contributed by atoms with Gasteiger partial charge in [0.1, 0.15) is 0 Å². The van der Waals surface area contributed by atoms with Crippen LogP contribution in [0.15, 0.2) is 0 Å². The standard InChI is InChI=1S/4Ca.4K.4Mg.10H2O4S/c;;;;;;;;;;;;10*1-5(2,3)4/h;;;;;;;;;;;;10*(H2,1,2,3,4)/q4*+2;4*+1;4*+2;;;;;;;;;;/p-20. The van der Waals surface area contributed by atoms with Gasteiger partial charge in [0.2, 0.25) is 0 Å². The molecule has 62 heteroatoms. The molecule has 320 valence electrons. The van der Waals surface area contributed by atoms with Crippen LogP contribution in [0.4, 0.5) is 0 Å². The number of hydrogen-bond donors (Lipinski definition) is 0. The van der Waals surface area contributed by atoms with Gasteiger partial charge >= 0.3 is 449 Å². The normalized spacial score (nSPS) is 9.35. The minimum absolute atomic E-state index is 0. The van der Waals surface area contributed by atoms with Gasteiger partial charge in [-0.25, -0.2) is 0 Å². The molecule has 0 amide bonds. The van der Waals surface area contributed by atoms with Gasteiger partial charge in [-0.1, -0.05) is 0 Å². The molecule has 0 unspecified atom stereocenters. The van der Waals surface area contributed by atoms with Crippen molar-refractivity contribution in [3.8, 4) is 0 Å². The Morgan fingerprint density at radius 2 is 0.145 bits per heavy atom. The summed E-state index contributed by atoms with van der Waals surface area (Å²) in [5, 5.41) is 0. The van der Waals surface area contributed by atoms with E-state index in [1.54, 1.807) is 0 Å². The smallest absolute Gasteiger partial charge is 0.759 e. The molecule has 40 nitrogen and oxygen atoms in total. The van der Waals surface area contributed by atoms with E-state index in [1.165, 1.54) is 0 Å². The summed E-state index contributed by atoms with van der Waals surface area (Å²) in [7, 11) is -51.7. The van der Waals surface area contributed by atoms with E-state index < -0.39 is 104 Å². The van der Waals surface area contributed by atoms with Crippen molar-refractivity contribution in [2.45, 2.75) is 0 Å². The molecule has 0 aliphatic rings. The molecule has 0 N–H and O–H groups in total. The zero-order valence-corrected chi connectivity index (χ0v) is 65.2. The first-order chi connectivity index (χ1) is 20.0. The minimum Gasteiger partial charge on any atom is -0.759 e. The second kappa shape index (κ2) is 74.3. The van der Waals surface area contributed by atoms with Crippen molar-refractivity contribution in [3.05, 3.63) is 0 Å². The molecule has 0 aliphatic heterocycles. The summed E-state index contributed by atoms with van der Waals surface area (Å²) < 4.78 is 341. The molecule has 0 radical (unpaired) electrons. The average molecular weight is 1370 g/mol. The third kappa shape index (κ3) is 2150. The molecule has 0 heterocycles. The Bertz CT molecular complexity index is 1430. The molecule has 0 aliphatic carbocycles. The van der Waals surface area contributed by atoms with Crippen LogP contribution in [-0.4, -0.2) is 418 Å². The maximum absolute atomic E-state index is 8.52. The topological polar surface area (TPSA) is 803 Å². The largest absolute Gasteiger partial charge is 2.00 e. The SMILES string of the molecule is O=S(=O)([O-])[O-].O=S(=O)([O-])[O-].O=S(=O)([O-])[O-].O=S(=O)([O-])[O-].O=S(=O)([O-])[O-].O=S(=O)([O-])[O-].O=S(=O)([O-])[O-].O=S(=O)([O-])[O-].O=S(=O)([O-])[O-].O=S(=O)([O-])[O-].[Ca+2].[Ca+2].[Ca+2].[Ca+2].[K+].[K+].[K+].[K+].[Mg+2].[Mg+2].[Mg+2].[Mg+2]. The van der Waals surface area contributed by atoms with Crippen molar-refractivity contribution < 1.29 is 381 Å². The van der Waals surface area contributed by atoms with Gasteiger partial charge in [-0.15, -0.1) is 0 Å². The number of rotatable bonds is 0. The van der Waals surface area contributed by atoms with Crippen molar-refractivity contribution in [2.75, 3.05) is 0 Å². The molecule has 0 aromatic rings. The third-order valence-electron chi connectivity index (χ3n) is 0. The summed E-state index contributed by atoms with van der Waals surface area (Å²) in [6.45, 7) is 0. The number of hydrogen-bond acceptors (Lipinski definition) is 40. The van der Waals surface area contributed by atoms with Gasteiger partial charge in [-0.2, -0.15) is 0 Å². The predicted octanol–water partition coefficient (Wildman–Crippen LogP) is -28.4. The van der Waals surface area contributed by atoms with Crippen LogP contribution in [0.2, 0.25) is 0 Å². The van der Waals surface area contributed by atoms with Gasteiger partial charge in [-0.05, 0) is 0 Å². The minimum atomic E-state index is -5.17. The molecule has 0 saturated heterocycles. The fourth-order valence-electron chi connectivity index (χ4n) is 0. The Balaban J connectivity index is -0.0000000140. The molecular formula is Ca4K4Mg4O40S10. The van der Waals surface area contributed by atoms with E-state index in [1.807, 2.05) is 0 Å². The Morgan fingerprint density at radius 1 is 0.145 bits per heavy atom. The fraction of sp³-hybridized carbons (Fsp3) is 0. The van der Waals surface area contributed by atoms with Crippen LogP contribution in [0.5, 0.6) is 0 Å². The van der Waals surface area contributed by atoms with E-state index in [0.717, 1.165) is 0 Å². The van der Waals surface area contributed by atoms with Crippen LogP contribution >= 0.6 is 0 Å². The van der Waals surface area contributed by atoms with Gasteiger partial charge in [-0.3, -0.25) is 84.2 Å². The van der Waals surface area contributed by atoms with Crippen LogP contribution < -0.4 is 206 Å². The maximum atomic E-state index is 8.52. The molecule has 0 atom stereocenters. The van der Waals surface area contributed by atoms with Crippen molar-refractivity contribution in [1.29, 1.82) is 0 Å². The molecule has 0 aromatic carbocycles. The Morgan fingerprint density at radius 3 is 0.145 bits per heavy atom. The van der Waals surface area contributed by atoms with E-state index in [9.17, 15) is 0 Å². The molecule has 0 aromatic heterocycles. The first-order valence-corrected chi connectivity index (χ1v) is 20.0. The van der Waals surface area contributed by atoms with Crippen molar-refractivity contribution in [3.63, 3.8) is 0 Å². The summed E-state index contributed by atoms with van der Waals surface area (Å²) >= 11 is 0. The van der Waals surface area contributed by atoms with E-state index in [4.69, 9.17) is 175 Å². The first kappa shape index (κ1) is 146. The summed E-state index contributed by atoms with van der Waals surface area (Å²) in [6.07, 6.45) is 0. The second-order valence-electron chi connectivity index (χ2n) is 4.08. The molecule has 0 fully saturated rings. The van der Waals surface area contributed by atoms with E-state index >= 15 is 0 Å². The maximum Gasteiger partial charge on any atom is 2.00 e. The first-order valence-electron chi connectivity index (χ1n) is 6.67. The summed E-state index contributed by atoms with van der Waals surface area (Å²) in [5.74, 6) is 0. The van der Waals surface area contributed by atoms with E-state index in [2.05, 4.69) is 0 Å². The van der Waals surface area contributed by atoms with Gasteiger partial charge in [0.15, 0.2) is 0 Å². The molecule has 0 rings (SSSR count). The van der Waals surface area contributed by atoms with Crippen LogP contribution in [0.3, 0.4) is 0 Å². The third-order valence-corrected chi connectivity index (χ3v) is 0. The molecular weight excluding hydrogens is 1370 g/mol. The molecule has 62 heavy (non-hydrogen) atoms. The molecule has 0 bridgehead atoms. The zero-order valence-electron chi connectivity index (χ0n) is 30.1. The Labute approximate surface area is 707 Å². The molecule has 0 spiro atoms. The fourth-order valence-corrected chi connectivity index (χ4v) is 0. The van der Waals surface area contributed by atoms with Gasteiger partial charge in [0.05, 0.1) is 0 Å². The zero-order chi connectivity index (χ0) is 45.0. The van der Waals surface area contributed by atoms with Gasteiger partial charge in [0, 0.05) is 104 Å². The summed E-state index contributed by atoms with van der Waals surface area (Å²) in [6, 6.07) is 0. The Kier molecular flexibility index (Phi) is 175. The Hall–Kier alpha value is 13.3. The van der Waals surface area contributed by atoms with Gasteiger partial charge in [0.25, 0.3) is 0 Å². The molecule has 0 saturated carbocycles. The van der Waals surface area contributed by atoms with Crippen molar-refractivity contribution >= 4 is 347 Å². The van der Waals surface area contributed by atoms with Crippen LogP contribution in [0.25, 0.3) is 0 Å². The van der Waals surface area contributed by atoms with E-state index in [-0.39, 0.29) is 449 Å². The van der Waals surface area contributed by atoms with Crippen LogP contribution in [0, 0.1) is 0 Å². The van der Waals surface area contributed by atoms with Crippen molar-refractivity contribution in [2.24, 2.45) is 0 Å². The monoisotopic (exact) mass is 1370 g/mol. The van der Waals surface area contributed by atoms with Gasteiger partial charge < -0.3 is 91.1 Å². The summed E-state index contributed by atoms with van der Waals surface area (Å²) in [5.41, 5.74) is 0. The van der Waals surface area contributed by atoms with Crippen LogP contribution in [0.1, 0.15) is 0 Å². The van der Waals surface area contributed by atoms with Crippen LogP contribution in [-0.2, 0) is 104 Å². The second-order valence-corrected chi connectivity index (χ2v) is 12.2. The van der Waals surface area contributed by atoms with E-state index in [0.29, 0.717) is 0 Å². The summed E-state index contributed by atoms with van der Waals surface area (Å²) in [4.78, 5) is 0.